The summed E-state index contributed by atoms with van der Waals surface area (Å²) in [6.07, 6.45) is 4.15. The van der Waals surface area contributed by atoms with Gasteiger partial charge < -0.3 is 4.74 Å². The lowest BCUT2D eigenvalue weighted by molar-refractivity contribution is 0.415. The monoisotopic (exact) mass is 838 g/mol. The molecule has 1 saturated heterocycles. The molecule has 63 heavy (non-hydrogen) atoms. The average molecular weight is 838 g/mol. The Hall–Kier alpha value is -5.23. The lowest BCUT2D eigenvalue weighted by Crippen LogP contribution is -2.47. The van der Waals surface area contributed by atoms with E-state index in [1.54, 1.807) is 0 Å². The van der Waals surface area contributed by atoms with Gasteiger partial charge in [-0.1, -0.05) is 128 Å². The predicted octanol–water partition coefficient (Wildman–Crippen LogP) is 16.6. The highest BCUT2D eigenvalue weighted by molar-refractivity contribution is 6.10. The third kappa shape index (κ3) is 6.76. The van der Waals surface area contributed by atoms with Gasteiger partial charge in [-0.25, -0.2) is 4.98 Å². The van der Waals surface area contributed by atoms with Gasteiger partial charge in [-0.3, -0.25) is 4.57 Å². The summed E-state index contributed by atoms with van der Waals surface area (Å²) in [6.45, 7) is 37.1. The summed E-state index contributed by atoms with van der Waals surface area (Å²) in [5.74, 6) is 2.55. The summed E-state index contributed by atoms with van der Waals surface area (Å²) < 4.78 is 10.7. The maximum atomic E-state index is 7.12. The molecule has 0 bridgehead atoms. The molecular formula is C58H69N4O+. The molecule has 5 heteroatoms. The topological polar surface area (TPSA) is 27.1 Å². The van der Waals surface area contributed by atoms with Crippen molar-refractivity contribution in [2.75, 3.05) is 0 Å². The van der Waals surface area contributed by atoms with Crippen molar-refractivity contribution in [3.63, 3.8) is 0 Å². The second-order valence-electron chi connectivity index (χ2n) is 23.0. The van der Waals surface area contributed by atoms with Crippen LogP contribution < -0.4 is 13.9 Å². The number of hydrogen-bond acceptors (Lipinski definition) is 2. The Kier molecular flexibility index (Phi) is 9.66. The summed E-state index contributed by atoms with van der Waals surface area (Å²) in [5.41, 5.74) is 14.0. The second-order valence-corrected chi connectivity index (χ2v) is 23.0. The molecule has 0 N–H and O–H groups in total. The van der Waals surface area contributed by atoms with E-state index in [4.69, 9.17) is 9.72 Å². The van der Waals surface area contributed by atoms with Crippen molar-refractivity contribution in [3.8, 4) is 17.3 Å². The van der Waals surface area contributed by atoms with Gasteiger partial charge in [0.1, 0.15) is 17.3 Å². The van der Waals surface area contributed by atoms with Gasteiger partial charge in [0.15, 0.2) is 18.0 Å². The minimum absolute atomic E-state index is 0.0167. The van der Waals surface area contributed by atoms with Crippen molar-refractivity contribution >= 4 is 44.6 Å². The first-order chi connectivity index (χ1) is 29.4. The van der Waals surface area contributed by atoms with Crippen molar-refractivity contribution < 1.29 is 4.74 Å². The second kappa shape index (κ2) is 14.1. The van der Waals surface area contributed by atoms with Crippen LogP contribution in [0, 0.1) is 6.67 Å². The first-order valence-electron chi connectivity index (χ1n) is 23.3. The van der Waals surface area contributed by atoms with E-state index in [2.05, 4.69) is 224 Å². The van der Waals surface area contributed by atoms with Crippen LogP contribution in [-0.2, 0) is 27.1 Å². The summed E-state index contributed by atoms with van der Waals surface area (Å²) in [6, 6.07) is 41.5. The van der Waals surface area contributed by atoms with Crippen molar-refractivity contribution in [2.24, 2.45) is 0 Å². The largest absolute Gasteiger partial charge is 0.457 e. The maximum absolute atomic E-state index is 7.12. The number of pyridine rings is 1. The fourth-order valence-electron chi connectivity index (χ4n) is 9.91. The van der Waals surface area contributed by atoms with E-state index in [1.807, 2.05) is 6.20 Å². The van der Waals surface area contributed by atoms with Crippen LogP contribution in [0.5, 0.6) is 11.5 Å². The van der Waals surface area contributed by atoms with E-state index in [-0.39, 0.29) is 27.1 Å². The summed E-state index contributed by atoms with van der Waals surface area (Å²) in [5, 5.41) is 2.41. The fraction of sp³-hybridized carbons (Fsp3) is 0.379. The Morgan fingerprint density at radius 2 is 1.11 bits per heavy atom. The van der Waals surface area contributed by atoms with E-state index in [9.17, 15) is 0 Å². The summed E-state index contributed by atoms with van der Waals surface area (Å²) in [7, 11) is 0. The molecule has 1 unspecified atom stereocenters. The van der Waals surface area contributed by atoms with Gasteiger partial charge in [-0.2, -0.15) is 9.18 Å². The third-order valence-electron chi connectivity index (χ3n) is 14.7. The van der Waals surface area contributed by atoms with Crippen LogP contribution in [0.1, 0.15) is 145 Å². The van der Waals surface area contributed by atoms with E-state index in [0.29, 0.717) is 9.18 Å². The number of quaternary nitrogens is 2. The Bertz CT molecular complexity index is 2940. The number of nitrogens with zero attached hydrogens (tertiary/aromatic N) is 4. The van der Waals surface area contributed by atoms with E-state index < -0.39 is 0 Å². The molecule has 2 atom stereocenters. The summed E-state index contributed by atoms with van der Waals surface area (Å²) >= 11 is 0. The molecule has 2 aliphatic heterocycles. The fourth-order valence-corrected chi connectivity index (χ4v) is 9.91. The number of fused-ring (bicyclic) bond motifs is 7. The molecule has 0 saturated carbocycles. The molecule has 5 aromatic carbocycles. The van der Waals surface area contributed by atoms with Crippen molar-refractivity contribution in [2.45, 2.75) is 144 Å². The van der Waals surface area contributed by atoms with Crippen LogP contribution in [0.2, 0.25) is 0 Å². The first kappa shape index (κ1) is 43.0. The minimum atomic E-state index is -0.117. The van der Waals surface area contributed by atoms with Gasteiger partial charge >= 0.3 is 0 Å². The Morgan fingerprint density at radius 3 is 1.78 bits per heavy atom. The molecule has 0 radical (unpaired) electrons. The van der Waals surface area contributed by atoms with Gasteiger partial charge in [0.05, 0.1) is 11.0 Å². The molecule has 2 aromatic heterocycles. The molecule has 1 fully saturated rings. The van der Waals surface area contributed by atoms with Gasteiger partial charge in [0, 0.05) is 59.4 Å². The molecule has 326 valence electrons. The highest BCUT2D eigenvalue weighted by Crippen LogP contribution is 2.76. The summed E-state index contributed by atoms with van der Waals surface area (Å²) in [4.78, 5) is 4.99. The maximum Gasteiger partial charge on any atom is 0.225 e. The molecule has 9 rings (SSSR count). The van der Waals surface area contributed by atoms with Gasteiger partial charge in [0.2, 0.25) is 11.4 Å². The zero-order valence-electron chi connectivity index (χ0n) is 40.7. The highest BCUT2D eigenvalue weighted by atomic mass is 16.5. The molecule has 2 aliphatic rings. The normalized spacial score (nSPS) is 18.9. The Balaban J connectivity index is 1.21. The van der Waals surface area contributed by atoms with Crippen LogP contribution >= 0.6 is 0 Å². The minimum Gasteiger partial charge on any atom is -0.457 e. The highest BCUT2D eigenvalue weighted by Gasteiger charge is 2.78. The van der Waals surface area contributed by atoms with Crippen LogP contribution in [0.4, 0.5) is 22.7 Å². The number of benzene rings is 5. The molecule has 7 aromatic rings. The molecular weight excluding hydrogens is 769 g/mol. The average Bonchev–Trinajstić information content (AvgIpc) is 3.73. The van der Waals surface area contributed by atoms with Crippen LogP contribution in [-0.4, -0.2) is 9.55 Å². The first-order valence-corrected chi connectivity index (χ1v) is 23.3. The van der Waals surface area contributed by atoms with Crippen LogP contribution in [0.3, 0.4) is 0 Å². The molecule has 0 amide bonds. The van der Waals surface area contributed by atoms with Crippen molar-refractivity contribution in [1.29, 1.82) is 0 Å². The lowest BCUT2D eigenvalue weighted by atomic mass is 9.78. The number of aromatic nitrogens is 2. The Labute approximate surface area is 377 Å². The number of hydrogen-bond donors (Lipinski definition) is 0. The molecule has 4 heterocycles. The van der Waals surface area contributed by atoms with Crippen LogP contribution in [0.15, 0.2) is 115 Å². The SMILES string of the molecule is CCC(C)(CC)c1cccc([N@+]23[CH-][N+]2(c2cc(Oc4ccc5c6cc(C(C)(C)C)ccc6n(-c6cc(C(C)(C)C)ccn6)c5c4)cc(C(C)(C)C)c2)c2cc(C(C)(C)C)ccc23)c1. The van der Waals surface area contributed by atoms with Gasteiger partial charge in [0.25, 0.3) is 0 Å². The molecule has 0 aliphatic carbocycles. The van der Waals surface area contributed by atoms with Crippen molar-refractivity contribution in [1.82, 2.24) is 18.7 Å². The quantitative estimate of drug-likeness (QED) is 0.0866. The molecule has 0 spiro atoms. The van der Waals surface area contributed by atoms with E-state index in [1.165, 1.54) is 61.3 Å². The predicted molar refractivity (Wildman–Crippen MR) is 268 cm³/mol. The smallest absolute Gasteiger partial charge is 0.225 e. The number of ether oxygens (including phenoxy) is 1. The third-order valence-corrected chi connectivity index (χ3v) is 14.7. The molecule has 5 nitrogen and oxygen atoms in total. The van der Waals surface area contributed by atoms with Crippen molar-refractivity contribution in [3.05, 3.63) is 150 Å². The zero-order valence-corrected chi connectivity index (χ0v) is 40.7. The Morgan fingerprint density at radius 1 is 0.492 bits per heavy atom. The number of rotatable bonds is 8. The van der Waals surface area contributed by atoms with Crippen LogP contribution in [0.25, 0.3) is 27.6 Å². The van der Waals surface area contributed by atoms with Gasteiger partial charge in [-0.05, 0) is 110 Å². The van der Waals surface area contributed by atoms with Gasteiger partial charge in [-0.15, -0.1) is 0 Å². The van der Waals surface area contributed by atoms with E-state index in [0.717, 1.165) is 41.2 Å². The lowest BCUT2D eigenvalue weighted by Gasteiger charge is -2.41. The van der Waals surface area contributed by atoms with E-state index >= 15 is 0 Å². The standard InChI is InChI=1S/C58H69N4O/c1-16-58(15,17-2)41-19-18-20-43(29-41)61-37-62(61,52-33-39(55(6,7)8)22-26-51(52)61)44-30-42(57(12,13)14)31-46(35-44)63-45-23-24-47-48-32-38(54(3,4)5)21-25-49(48)60(50(47)36-45)53-34-40(27-28-59-53)56(9,10)11/h18-37H,16-17H2,1-15H3/q+1/t61-,62?/m0/s1. The zero-order chi connectivity index (χ0) is 45.3.